The highest BCUT2D eigenvalue weighted by molar-refractivity contribution is 6.01. The minimum absolute atomic E-state index is 0.411. The van der Waals surface area contributed by atoms with Crippen LogP contribution in [0, 0.1) is 0 Å². The van der Waals surface area contributed by atoms with Crippen molar-refractivity contribution in [2.24, 2.45) is 0 Å². The summed E-state index contributed by atoms with van der Waals surface area (Å²) < 4.78 is 24.5. The molecule has 0 atom stereocenters. The Morgan fingerprint density at radius 2 is 1.75 bits per heavy atom. The molecule has 0 saturated heterocycles. The Balaban J connectivity index is 2.04. The number of rotatable bonds is 0. The van der Waals surface area contributed by atoms with E-state index in [-0.39, 0.29) is 0 Å². The molecule has 0 radical (unpaired) electrons. The van der Waals surface area contributed by atoms with E-state index in [1.165, 1.54) is 12.2 Å². The molecule has 1 aromatic carbocycles. The normalized spacial score (nSPS) is 20.1. The van der Waals surface area contributed by atoms with Gasteiger partial charge in [-0.3, -0.25) is 4.79 Å². The van der Waals surface area contributed by atoms with Gasteiger partial charge in [-0.05, 0) is 18.2 Å². The molecule has 0 fully saturated rings. The number of hydrogen-bond donors (Lipinski definition) is 0. The van der Waals surface area contributed by atoms with Gasteiger partial charge in [0, 0.05) is 12.2 Å². The highest BCUT2D eigenvalue weighted by Gasteiger charge is 2.45. The molecule has 1 aliphatic carbocycles. The van der Waals surface area contributed by atoms with Crippen LogP contribution < -0.4 is 9.47 Å². The lowest BCUT2D eigenvalue weighted by Crippen LogP contribution is -2.39. The van der Waals surface area contributed by atoms with E-state index in [1.807, 2.05) is 0 Å². The maximum atomic E-state index is 13.7. The molecule has 0 saturated carbocycles. The zero-order valence-electron chi connectivity index (χ0n) is 8.14. The third-order valence-corrected chi connectivity index (χ3v) is 2.44. The van der Waals surface area contributed by atoms with Gasteiger partial charge in [0.05, 0.1) is 0 Å². The molecule has 0 amide bonds. The summed E-state index contributed by atoms with van der Waals surface area (Å²) in [5.41, 5.74) is 0. The summed E-state index contributed by atoms with van der Waals surface area (Å²) in [7, 11) is 0. The molecule has 1 spiro atoms. The predicted molar refractivity (Wildman–Crippen MR) is 53.8 cm³/mol. The van der Waals surface area contributed by atoms with Crippen molar-refractivity contribution in [1.82, 2.24) is 0 Å². The average Bonchev–Trinajstić information content (AvgIpc) is 2.64. The Morgan fingerprint density at radius 3 is 2.31 bits per heavy atom. The molecular formula is C12H7FO3. The molecule has 16 heavy (non-hydrogen) atoms. The van der Waals surface area contributed by atoms with Crippen LogP contribution in [0.1, 0.15) is 0 Å². The van der Waals surface area contributed by atoms with Gasteiger partial charge in [-0.25, -0.2) is 4.39 Å². The van der Waals surface area contributed by atoms with Crippen molar-refractivity contribution in [3.8, 4) is 11.5 Å². The van der Waals surface area contributed by atoms with Gasteiger partial charge in [-0.15, -0.1) is 0 Å². The third-order valence-electron chi connectivity index (χ3n) is 2.44. The number of hydrogen-bond acceptors (Lipinski definition) is 3. The van der Waals surface area contributed by atoms with Crippen LogP contribution in [0.3, 0.4) is 0 Å². The zero-order chi connectivity index (χ0) is 11.2. The molecule has 0 bridgehead atoms. The van der Waals surface area contributed by atoms with Gasteiger partial charge in [0.15, 0.2) is 23.1 Å². The summed E-state index contributed by atoms with van der Waals surface area (Å²) in [5.74, 6) is -1.81. The Bertz CT molecular complexity index is 506. The quantitative estimate of drug-likeness (QED) is 0.669. The summed E-state index contributed by atoms with van der Waals surface area (Å²) in [5, 5.41) is 0. The summed E-state index contributed by atoms with van der Waals surface area (Å²) in [6.07, 6.45) is 3.38. The van der Waals surface area contributed by atoms with Crippen LogP contribution >= 0.6 is 0 Å². The first-order valence-corrected chi connectivity index (χ1v) is 4.77. The van der Waals surface area contributed by atoms with Crippen molar-refractivity contribution in [2.75, 3.05) is 0 Å². The maximum absolute atomic E-state index is 13.7. The first kappa shape index (κ1) is 9.15. The summed E-state index contributed by atoms with van der Waals surface area (Å²) in [6.45, 7) is 0. The van der Waals surface area contributed by atoms with Crippen molar-refractivity contribution in [1.29, 1.82) is 0 Å². The third kappa shape index (κ3) is 1.16. The number of para-hydroxylation sites is 2. The number of fused-ring (bicyclic) bond motifs is 1. The van der Waals surface area contributed by atoms with E-state index >= 15 is 0 Å². The molecule has 2 aliphatic rings. The van der Waals surface area contributed by atoms with Crippen molar-refractivity contribution < 1.29 is 18.7 Å². The van der Waals surface area contributed by atoms with Crippen LogP contribution in [0.4, 0.5) is 4.39 Å². The highest BCUT2D eigenvalue weighted by Crippen LogP contribution is 2.43. The van der Waals surface area contributed by atoms with E-state index in [4.69, 9.17) is 9.47 Å². The smallest absolute Gasteiger partial charge is 0.326 e. The Kier molecular flexibility index (Phi) is 1.68. The number of carbonyl (C=O) groups excluding carboxylic acids is 1. The molecule has 0 unspecified atom stereocenters. The minimum Gasteiger partial charge on any atom is -0.439 e. The lowest BCUT2D eigenvalue weighted by molar-refractivity contribution is -0.111. The number of halogens is 1. The van der Waals surface area contributed by atoms with Crippen LogP contribution in [0.15, 0.2) is 48.3 Å². The molecule has 80 valence electrons. The van der Waals surface area contributed by atoms with Gasteiger partial charge in [-0.2, -0.15) is 0 Å². The van der Waals surface area contributed by atoms with E-state index in [2.05, 4.69) is 0 Å². The summed E-state index contributed by atoms with van der Waals surface area (Å²) in [6, 6.07) is 6.89. The molecule has 1 aliphatic heterocycles. The van der Waals surface area contributed by atoms with Gasteiger partial charge in [0.1, 0.15) is 0 Å². The first-order valence-electron chi connectivity index (χ1n) is 4.77. The summed E-state index contributed by atoms with van der Waals surface area (Å²) >= 11 is 0. The van der Waals surface area contributed by atoms with Crippen LogP contribution in [-0.2, 0) is 4.79 Å². The van der Waals surface area contributed by atoms with Crippen LogP contribution in [0.5, 0.6) is 11.5 Å². The molecular weight excluding hydrogens is 211 g/mol. The monoisotopic (exact) mass is 218 g/mol. The average molecular weight is 218 g/mol. The highest BCUT2D eigenvalue weighted by atomic mass is 19.1. The number of ether oxygens (including phenoxy) is 2. The lowest BCUT2D eigenvalue weighted by Gasteiger charge is -2.23. The summed E-state index contributed by atoms with van der Waals surface area (Å²) in [4.78, 5) is 11.0. The van der Waals surface area contributed by atoms with E-state index in [0.717, 1.165) is 6.08 Å². The lowest BCUT2D eigenvalue weighted by atomic mass is 10.1. The Morgan fingerprint density at radius 1 is 1.12 bits per heavy atom. The zero-order valence-corrected chi connectivity index (χ0v) is 8.14. The fourth-order valence-corrected chi connectivity index (χ4v) is 1.68. The van der Waals surface area contributed by atoms with Crippen molar-refractivity contribution >= 4 is 5.78 Å². The number of ketones is 1. The second kappa shape index (κ2) is 2.95. The molecule has 1 aromatic rings. The van der Waals surface area contributed by atoms with Crippen LogP contribution in [-0.4, -0.2) is 11.6 Å². The molecule has 4 heteroatoms. The number of allylic oxidation sites excluding steroid dienone is 2. The number of carbonyl (C=O) groups is 1. The van der Waals surface area contributed by atoms with E-state index in [9.17, 15) is 9.18 Å². The van der Waals surface area contributed by atoms with Gasteiger partial charge < -0.3 is 9.47 Å². The second-order valence-corrected chi connectivity index (χ2v) is 3.55. The molecule has 3 nitrogen and oxygen atoms in total. The van der Waals surface area contributed by atoms with Gasteiger partial charge in [-0.1, -0.05) is 12.1 Å². The van der Waals surface area contributed by atoms with Gasteiger partial charge >= 0.3 is 5.79 Å². The molecule has 1 heterocycles. The predicted octanol–water partition coefficient (Wildman–Crippen LogP) is 2.15. The Labute approximate surface area is 90.8 Å². The fourth-order valence-electron chi connectivity index (χ4n) is 1.68. The largest absolute Gasteiger partial charge is 0.439 e. The standard InChI is InChI=1S/C12H7FO3/c13-11-7-8(14)5-6-12(11)15-9-3-1-2-4-10(9)16-12/h1-7H. The second-order valence-electron chi connectivity index (χ2n) is 3.55. The molecule has 0 N–H and O–H groups in total. The van der Waals surface area contributed by atoms with E-state index < -0.39 is 17.4 Å². The van der Waals surface area contributed by atoms with Crippen LogP contribution in [0.2, 0.25) is 0 Å². The van der Waals surface area contributed by atoms with Crippen molar-refractivity contribution in [3.63, 3.8) is 0 Å². The van der Waals surface area contributed by atoms with Gasteiger partial charge in [0.25, 0.3) is 0 Å². The van der Waals surface area contributed by atoms with Crippen molar-refractivity contribution in [2.45, 2.75) is 5.79 Å². The molecule has 0 aromatic heterocycles. The maximum Gasteiger partial charge on any atom is 0.326 e. The molecule has 3 rings (SSSR count). The van der Waals surface area contributed by atoms with Crippen LogP contribution in [0.25, 0.3) is 0 Å². The van der Waals surface area contributed by atoms with E-state index in [1.54, 1.807) is 24.3 Å². The first-order chi connectivity index (χ1) is 7.70. The van der Waals surface area contributed by atoms with Gasteiger partial charge in [0.2, 0.25) is 0 Å². The topological polar surface area (TPSA) is 35.5 Å². The van der Waals surface area contributed by atoms with Crippen molar-refractivity contribution in [3.05, 3.63) is 48.3 Å². The Hall–Kier alpha value is -2.10. The number of benzene rings is 1. The SMILES string of the molecule is O=C1C=CC2(Oc3ccccc3O2)C(F)=C1. The fraction of sp³-hybridized carbons (Fsp3) is 0.0833. The minimum atomic E-state index is -1.59. The van der Waals surface area contributed by atoms with E-state index in [0.29, 0.717) is 11.5 Å².